The van der Waals surface area contributed by atoms with Crippen molar-refractivity contribution in [1.82, 2.24) is 0 Å². The fourth-order valence-electron chi connectivity index (χ4n) is 0.672. The van der Waals surface area contributed by atoms with Gasteiger partial charge in [0, 0.05) is 0 Å². The van der Waals surface area contributed by atoms with Crippen LogP contribution in [-0.2, 0) is 9.59 Å². The van der Waals surface area contributed by atoms with Gasteiger partial charge >= 0.3 is 5.97 Å². The van der Waals surface area contributed by atoms with E-state index in [2.05, 4.69) is 4.99 Å². The highest BCUT2D eigenvalue weighted by atomic mass is 16.4. The summed E-state index contributed by atoms with van der Waals surface area (Å²) < 4.78 is 0. The van der Waals surface area contributed by atoms with Crippen molar-refractivity contribution >= 4 is 12.0 Å². The van der Waals surface area contributed by atoms with Gasteiger partial charge in [0.15, 0.2) is 6.04 Å². The number of hydrogen-bond donors (Lipinski definition) is 1. The summed E-state index contributed by atoms with van der Waals surface area (Å²) in [5.74, 6) is -1.10. The third-order valence-electron chi connectivity index (χ3n) is 1.24. The molecule has 0 amide bonds. The van der Waals surface area contributed by atoms with Gasteiger partial charge in [0.05, 0.1) is 0 Å². The molecule has 62 valence electrons. The van der Waals surface area contributed by atoms with Crippen LogP contribution in [0.3, 0.4) is 0 Å². The molecule has 0 aliphatic rings. The second kappa shape index (κ2) is 3.30. The van der Waals surface area contributed by atoms with Gasteiger partial charge in [-0.15, -0.1) is 0 Å². The summed E-state index contributed by atoms with van der Waals surface area (Å²) in [6.45, 7) is 5.10. The minimum atomic E-state index is -1.10. The van der Waals surface area contributed by atoms with Crippen LogP contribution in [0.15, 0.2) is 4.99 Å². The lowest BCUT2D eigenvalue weighted by Gasteiger charge is -2.21. The normalized spacial score (nSPS) is 13.4. The topological polar surface area (TPSA) is 66.7 Å². The molecule has 0 fully saturated rings. The molecule has 0 bridgehead atoms. The Kier molecular flexibility index (Phi) is 2.96. The van der Waals surface area contributed by atoms with Gasteiger partial charge in [-0.05, 0) is 5.41 Å². The predicted molar refractivity (Wildman–Crippen MR) is 39.0 cm³/mol. The molecule has 0 saturated heterocycles. The van der Waals surface area contributed by atoms with Gasteiger partial charge in [-0.2, -0.15) is 4.99 Å². The fourth-order valence-corrected chi connectivity index (χ4v) is 0.672. The number of rotatable bonds is 2. The number of aliphatic carboxylic acids is 1. The van der Waals surface area contributed by atoms with Crippen LogP contribution in [0.2, 0.25) is 0 Å². The third kappa shape index (κ3) is 2.96. The maximum atomic E-state index is 10.5. The maximum Gasteiger partial charge on any atom is 0.329 e. The number of carbonyl (C=O) groups excluding carboxylic acids is 1. The van der Waals surface area contributed by atoms with Crippen molar-refractivity contribution in [2.75, 3.05) is 0 Å². The SMILES string of the molecule is CC(C)(C)[C@H](N=C=O)C(=O)O. The van der Waals surface area contributed by atoms with Crippen LogP contribution in [0.1, 0.15) is 20.8 Å². The minimum absolute atomic E-state index is 0.538. The molecular formula is C7H11NO3. The molecule has 0 aliphatic heterocycles. The van der Waals surface area contributed by atoms with Crippen LogP contribution < -0.4 is 0 Å². The Morgan fingerprint density at radius 2 is 2.00 bits per heavy atom. The van der Waals surface area contributed by atoms with Gasteiger partial charge in [0.1, 0.15) is 0 Å². The summed E-state index contributed by atoms with van der Waals surface area (Å²) in [5.41, 5.74) is -0.538. The van der Waals surface area contributed by atoms with Gasteiger partial charge in [-0.1, -0.05) is 20.8 Å². The molecule has 11 heavy (non-hydrogen) atoms. The molecule has 0 unspecified atom stereocenters. The first kappa shape index (κ1) is 9.85. The van der Waals surface area contributed by atoms with E-state index in [-0.39, 0.29) is 0 Å². The predicted octanol–water partition coefficient (Wildman–Crippen LogP) is 0.822. The van der Waals surface area contributed by atoms with Gasteiger partial charge in [0.2, 0.25) is 6.08 Å². The molecule has 0 saturated carbocycles. The van der Waals surface area contributed by atoms with Gasteiger partial charge < -0.3 is 5.11 Å². The molecule has 1 atom stereocenters. The lowest BCUT2D eigenvalue weighted by molar-refractivity contribution is -0.140. The second-order valence-corrected chi connectivity index (χ2v) is 3.33. The third-order valence-corrected chi connectivity index (χ3v) is 1.24. The van der Waals surface area contributed by atoms with Crippen molar-refractivity contribution in [3.8, 4) is 0 Å². The van der Waals surface area contributed by atoms with E-state index in [4.69, 9.17) is 5.11 Å². The average molecular weight is 157 g/mol. The van der Waals surface area contributed by atoms with E-state index in [1.807, 2.05) is 0 Å². The Labute approximate surface area is 64.9 Å². The highest BCUT2D eigenvalue weighted by Crippen LogP contribution is 2.21. The Balaban J connectivity index is 4.61. The molecule has 0 rings (SSSR count). The number of hydrogen-bond acceptors (Lipinski definition) is 3. The molecule has 0 aromatic rings. The number of nitrogens with zero attached hydrogens (tertiary/aromatic N) is 1. The van der Waals surface area contributed by atoms with Crippen molar-refractivity contribution in [3.63, 3.8) is 0 Å². The molecule has 1 N–H and O–H groups in total. The van der Waals surface area contributed by atoms with Crippen LogP contribution in [0.25, 0.3) is 0 Å². The molecular weight excluding hydrogens is 146 g/mol. The van der Waals surface area contributed by atoms with E-state index in [0.717, 1.165) is 0 Å². The van der Waals surface area contributed by atoms with Gasteiger partial charge in [-0.3, -0.25) is 0 Å². The molecule has 0 aliphatic carbocycles. The van der Waals surface area contributed by atoms with Crippen LogP contribution in [0, 0.1) is 5.41 Å². The lowest BCUT2D eigenvalue weighted by atomic mass is 9.87. The van der Waals surface area contributed by atoms with Crippen LogP contribution in [-0.4, -0.2) is 23.2 Å². The van der Waals surface area contributed by atoms with Gasteiger partial charge in [-0.25, -0.2) is 9.59 Å². The molecule has 0 aromatic heterocycles. The molecule has 0 spiro atoms. The first-order valence-corrected chi connectivity index (χ1v) is 3.19. The maximum absolute atomic E-state index is 10.5. The van der Waals surface area contributed by atoms with E-state index < -0.39 is 17.4 Å². The fraction of sp³-hybridized carbons (Fsp3) is 0.714. The first-order chi connectivity index (χ1) is 4.89. The summed E-state index contributed by atoms with van der Waals surface area (Å²) in [4.78, 5) is 23.5. The van der Waals surface area contributed by atoms with Crippen LogP contribution in [0.5, 0.6) is 0 Å². The zero-order valence-corrected chi connectivity index (χ0v) is 6.79. The summed E-state index contributed by atoms with van der Waals surface area (Å²) >= 11 is 0. The van der Waals surface area contributed by atoms with Crippen molar-refractivity contribution in [2.45, 2.75) is 26.8 Å². The monoisotopic (exact) mass is 157 g/mol. The van der Waals surface area contributed by atoms with E-state index in [9.17, 15) is 9.59 Å². The average Bonchev–Trinajstić information content (AvgIpc) is 1.79. The Morgan fingerprint density at radius 3 is 2.09 bits per heavy atom. The Morgan fingerprint density at radius 1 is 1.55 bits per heavy atom. The van der Waals surface area contributed by atoms with Gasteiger partial charge in [0.25, 0.3) is 0 Å². The van der Waals surface area contributed by atoms with E-state index in [0.29, 0.717) is 0 Å². The zero-order chi connectivity index (χ0) is 9.07. The first-order valence-electron chi connectivity index (χ1n) is 3.19. The number of isocyanates is 1. The molecule has 4 nitrogen and oxygen atoms in total. The number of carboxylic acids is 1. The smallest absolute Gasteiger partial charge is 0.329 e. The molecule has 0 aromatic carbocycles. The zero-order valence-electron chi connectivity index (χ0n) is 6.79. The summed E-state index contributed by atoms with van der Waals surface area (Å²) in [7, 11) is 0. The molecule has 4 heteroatoms. The summed E-state index contributed by atoms with van der Waals surface area (Å²) in [6.07, 6.45) is 1.25. The Hall–Kier alpha value is -1.15. The minimum Gasteiger partial charge on any atom is -0.480 e. The highest BCUT2D eigenvalue weighted by molar-refractivity contribution is 5.75. The van der Waals surface area contributed by atoms with Crippen molar-refractivity contribution in [3.05, 3.63) is 0 Å². The standard InChI is InChI=1S/C7H11NO3/c1-7(2,3)5(6(10)11)8-4-9/h5H,1-3H3,(H,10,11)/t5-/m1/s1. The number of carboxylic acid groups (broad SMARTS) is 1. The van der Waals surface area contributed by atoms with Crippen LogP contribution in [0.4, 0.5) is 0 Å². The summed E-state index contributed by atoms with van der Waals surface area (Å²) in [5, 5.41) is 8.57. The summed E-state index contributed by atoms with van der Waals surface area (Å²) in [6, 6.07) is -1.00. The molecule has 0 radical (unpaired) electrons. The second-order valence-electron chi connectivity index (χ2n) is 3.33. The Bertz CT molecular complexity index is 196. The van der Waals surface area contributed by atoms with E-state index in [1.54, 1.807) is 20.8 Å². The van der Waals surface area contributed by atoms with Crippen molar-refractivity contribution in [2.24, 2.45) is 10.4 Å². The van der Waals surface area contributed by atoms with Crippen molar-refractivity contribution < 1.29 is 14.7 Å². The van der Waals surface area contributed by atoms with Crippen LogP contribution >= 0.6 is 0 Å². The number of aliphatic imine (C=N–C) groups is 1. The van der Waals surface area contributed by atoms with E-state index >= 15 is 0 Å². The highest BCUT2D eigenvalue weighted by Gasteiger charge is 2.30. The molecule has 0 heterocycles. The quantitative estimate of drug-likeness (QED) is 0.476. The van der Waals surface area contributed by atoms with E-state index in [1.165, 1.54) is 6.08 Å². The van der Waals surface area contributed by atoms with Crippen molar-refractivity contribution in [1.29, 1.82) is 0 Å². The number of carbonyl (C=O) groups is 1. The largest absolute Gasteiger partial charge is 0.480 e. The lowest BCUT2D eigenvalue weighted by Crippen LogP contribution is -2.32.